The standard InChI is InChI=1S/C28H48N4O9/c1-17(33)29-19-11-24(3,4)31(25(5,6)12-19)40-21(35)15-28(39,23(37)38)16-22(36)41-32-26(7,8)13-20(30-18(2)34)14-27(32,9)10/h19-20,39H,11-16H2,1-10H3,(H,29,33)(H,30,34)(H,37,38). The number of carbonyl (C=O) groups excluding carboxylic acids is 4. The summed E-state index contributed by atoms with van der Waals surface area (Å²) in [5.41, 5.74) is -5.70. The molecule has 2 amide bonds. The second-order valence-corrected chi connectivity index (χ2v) is 14.1. The first-order valence-electron chi connectivity index (χ1n) is 13.9. The summed E-state index contributed by atoms with van der Waals surface area (Å²) in [6.45, 7) is 17.5. The number of aliphatic hydroxyl groups is 1. The van der Waals surface area contributed by atoms with Crippen LogP contribution in [-0.4, -0.2) is 89.9 Å². The molecule has 41 heavy (non-hydrogen) atoms. The summed E-state index contributed by atoms with van der Waals surface area (Å²) in [6, 6.07) is -0.315. The van der Waals surface area contributed by atoms with Crippen LogP contribution in [0.5, 0.6) is 0 Å². The van der Waals surface area contributed by atoms with E-state index >= 15 is 0 Å². The Morgan fingerprint density at radius 3 is 1.17 bits per heavy atom. The summed E-state index contributed by atoms with van der Waals surface area (Å²) >= 11 is 0. The van der Waals surface area contributed by atoms with Crippen LogP contribution in [0.4, 0.5) is 0 Å². The first kappa shape index (κ1) is 34.4. The topological polar surface area (TPSA) is 175 Å². The number of rotatable bonds is 9. The second-order valence-electron chi connectivity index (χ2n) is 14.1. The molecule has 2 aliphatic heterocycles. The summed E-state index contributed by atoms with van der Waals surface area (Å²) in [6.07, 6.45) is -0.142. The summed E-state index contributed by atoms with van der Waals surface area (Å²) in [5, 5.41) is 29.5. The van der Waals surface area contributed by atoms with Crippen LogP contribution in [0.3, 0.4) is 0 Å². The van der Waals surface area contributed by atoms with Crippen molar-refractivity contribution in [1.29, 1.82) is 0 Å². The van der Waals surface area contributed by atoms with Crippen LogP contribution < -0.4 is 10.6 Å². The van der Waals surface area contributed by atoms with Gasteiger partial charge in [-0.1, -0.05) is 0 Å². The van der Waals surface area contributed by atoms with E-state index in [0.29, 0.717) is 25.7 Å². The van der Waals surface area contributed by atoms with Crippen molar-refractivity contribution in [1.82, 2.24) is 20.8 Å². The molecule has 13 heteroatoms. The number of hydroxylamine groups is 4. The number of carboxylic acid groups (broad SMARTS) is 1. The van der Waals surface area contributed by atoms with Crippen molar-refractivity contribution in [3.63, 3.8) is 0 Å². The van der Waals surface area contributed by atoms with Crippen molar-refractivity contribution in [2.75, 3.05) is 0 Å². The van der Waals surface area contributed by atoms with Crippen molar-refractivity contribution in [2.45, 2.75) is 148 Å². The number of aliphatic carboxylic acids is 1. The molecule has 0 aromatic rings. The van der Waals surface area contributed by atoms with Crippen LogP contribution in [0.25, 0.3) is 0 Å². The van der Waals surface area contributed by atoms with Crippen molar-refractivity contribution in [2.24, 2.45) is 0 Å². The summed E-state index contributed by atoms with van der Waals surface area (Å²) < 4.78 is 0. The Labute approximate surface area is 242 Å². The average molecular weight is 585 g/mol. The minimum atomic E-state index is -2.78. The Morgan fingerprint density at radius 2 is 0.951 bits per heavy atom. The van der Waals surface area contributed by atoms with Gasteiger partial charge in [0.15, 0.2) is 5.60 Å². The number of hydrogen-bond acceptors (Lipinski definition) is 10. The monoisotopic (exact) mass is 584 g/mol. The van der Waals surface area contributed by atoms with Gasteiger partial charge in [0, 0.05) is 25.9 Å². The van der Waals surface area contributed by atoms with Gasteiger partial charge in [0.05, 0.1) is 35.0 Å². The Hall–Kier alpha value is -2.77. The minimum Gasteiger partial charge on any atom is -0.479 e. The lowest BCUT2D eigenvalue weighted by molar-refractivity contribution is -0.274. The fraction of sp³-hybridized carbons (Fsp3) is 0.821. The third kappa shape index (κ3) is 8.62. The van der Waals surface area contributed by atoms with Crippen molar-refractivity contribution < 1.29 is 43.9 Å². The lowest BCUT2D eigenvalue weighted by Crippen LogP contribution is -2.65. The highest BCUT2D eigenvalue weighted by Crippen LogP contribution is 2.40. The fourth-order valence-corrected chi connectivity index (χ4v) is 6.76. The van der Waals surface area contributed by atoms with Gasteiger partial charge in [-0.3, -0.25) is 19.2 Å². The largest absolute Gasteiger partial charge is 0.479 e. The van der Waals surface area contributed by atoms with Crippen LogP contribution in [0, 0.1) is 0 Å². The fourth-order valence-electron chi connectivity index (χ4n) is 6.76. The lowest BCUT2D eigenvalue weighted by Gasteiger charge is -2.53. The predicted octanol–water partition coefficient (Wildman–Crippen LogP) is 1.81. The summed E-state index contributed by atoms with van der Waals surface area (Å²) in [7, 11) is 0. The third-order valence-corrected chi connectivity index (χ3v) is 7.66. The van der Waals surface area contributed by atoms with Gasteiger partial charge in [-0.15, -0.1) is 10.1 Å². The molecule has 0 aliphatic carbocycles. The number of nitrogens with zero attached hydrogens (tertiary/aromatic N) is 2. The van der Waals surface area contributed by atoms with Crippen LogP contribution >= 0.6 is 0 Å². The Bertz CT molecular complexity index is 945. The first-order chi connectivity index (χ1) is 18.4. The number of carboxylic acids is 1. The quantitative estimate of drug-likeness (QED) is 0.311. The molecule has 0 aromatic heterocycles. The Morgan fingerprint density at radius 1 is 0.683 bits per heavy atom. The van der Waals surface area contributed by atoms with E-state index in [9.17, 15) is 34.2 Å². The van der Waals surface area contributed by atoms with E-state index in [0.717, 1.165) is 0 Å². The average Bonchev–Trinajstić information content (AvgIpc) is 2.71. The summed E-state index contributed by atoms with van der Waals surface area (Å²) in [5.74, 6) is -4.17. The van der Waals surface area contributed by atoms with E-state index in [1.54, 1.807) is 0 Å². The Kier molecular flexibility index (Phi) is 9.95. The molecule has 0 spiro atoms. The zero-order valence-corrected chi connectivity index (χ0v) is 26.0. The van der Waals surface area contributed by atoms with Gasteiger partial charge >= 0.3 is 17.9 Å². The molecule has 0 bridgehead atoms. The molecule has 2 aliphatic rings. The molecule has 0 unspecified atom stereocenters. The van der Waals surface area contributed by atoms with Gasteiger partial charge in [-0.05, 0) is 81.1 Å². The first-order valence-corrected chi connectivity index (χ1v) is 13.9. The normalized spacial score (nSPS) is 22.8. The molecule has 4 N–H and O–H groups in total. The molecule has 2 saturated heterocycles. The van der Waals surface area contributed by atoms with E-state index in [4.69, 9.17) is 9.68 Å². The number of amides is 2. The highest BCUT2D eigenvalue weighted by atomic mass is 16.7. The smallest absolute Gasteiger partial charge is 0.336 e. The summed E-state index contributed by atoms with van der Waals surface area (Å²) in [4.78, 5) is 72.6. The zero-order chi connectivity index (χ0) is 31.8. The maximum atomic E-state index is 13.0. The van der Waals surface area contributed by atoms with Gasteiger partial charge in [-0.25, -0.2) is 4.79 Å². The van der Waals surface area contributed by atoms with E-state index in [2.05, 4.69) is 10.6 Å². The van der Waals surface area contributed by atoms with E-state index in [-0.39, 0.29) is 23.9 Å². The highest BCUT2D eigenvalue weighted by Gasteiger charge is 2.52. The van der Waals surface area contributed by atoms with E-state index < -0.39 is 58.5 Å². The number of piperidine rings is 2. The third-order valence-electron chi connectivity index (χ3n) is 7.66. The lowest BCUT2D eigenvalue weighted by atomic mass is 9.79. The molecule has 234 valence electrons. The number of hydrogen-bond donors (Lipinski definition) is 4. The van der Waals surface area contributed by atoms with Gasteiger partial charge in [0.2, 0.25) is 11.8 Å². The molecule has 2 rings (SSSR count). The molecule has 2 fully saturated rings. The van der Waals surface area contributed by atoms with Crippen molar-refractivity contribution >= 4 is 29.7 Å². The minimum absolute atomic E-state index is 0.157. The zero-order valence-electron chi connectivity index (χ0n) is 26.0. The molecule has 0 radical (unpaired) electrons. The van der Waals surface area contributed by atoms with Gasteiger partial charge in [0.25, 0.3) is 0 Å². The molecular weight excluding hydrogens is 536 g/mol. The van der Waals surface area contributed by atoms with Gasteiger partial charge < -0.3 is 30.5 Å². The molecule has 2 heterocycles. The maximum absolute atomic E-state index is 13.0. The van der Waals surface area contributed by atoms with E-state index in [1.165, 1.54) is 24.0 Å². The molecular formula is C28H48N4O9. The van der Waals surface area contributed by atoms with Crippen molar-refractivity contribution in [3.05, 3.63) is 0 Å². The molecule has 0 saturated carbocycles. The van der Waals surface area contributed by atoms with Crippen LogP contribution in [0.1, 0.15) is 108 Å². The van der Waals surface area contributed by atoms with Crippen LogP contribution in [-0.2, 0) is 33.6 Å². The molecule has 0 atom stereocenters. The van der Waals surface area contributed by atoms with Gasteiger partial charge in [0.1, 0.15) is 0 Å². The van der Waals surface area contributed by atoms with E-state index in [1.807, 2.05) is 55.4 Å². The number of nitrogens with one attached hydrogen (secondary N) is 2. The maximum Gasteiger partial charge on any atom is 0.336 e. The molecule has 0 aromatic carbocycles. The van der Waals surface area contributed by atoms with Crippen LogP contribution in [0.15, 0.2) is 0 Å². The van der Waals surface area contributed by atoms with Gasteiger partial charge in [-0.2, -0.15) is 0 Å². The SMILES string of the molecule is CC(=O)NC1CC(C)(C)N(OC(=O)CC(O)(CC(=O)ON2C(C)(C)CC(NC(C)=O)CC2(C)C)C(=O)O)C(C)(C)C1. The molecule has 13 nitrogen and oxygen atoms in total. The number of carbonyl (C=O) groups is 5. The Balaban J connectivity index is 2.14. The highest BCUT2D eigenvalue weighted by molar-refractivity contribution is 5.89. The van der Waals surface area contributed by atoms with Crippen molar-refractivity contribution in [3.8, 4) is 0 Å². The van der Waals surface area contributed by atoms with Crippen LogP contribution in [0.2, 0.25) is 0 Å². The second kappa shape index (κ2) is 11.8. The predicted molar refractivity (Wildman–Crippen MR) is 148 cm³/mol.